The van der Waals surface area contributed by atoms with E-state index in [4.69, 9.17) is 10.5 Å². The zero-order valence-electron chi connectivity index (χ0n) is 16.1. The molecule has 2 aromatic rings. The number of halogens is 1. The summed E-state index contributed by atoms with van der Waals surface area (Å²) < 4.78 is 5.11. The lowest BCUT2D eigenvalue weighted by molar-refractivity contribution is 0.0523. The molecule has 0 saturated heterocycles. The Labute approximate surface area is 176 Å². The van der Waals surface area contributed by atoms with Crippen LogP contribution < -0.4 is 11.1 Å². The van der Waals surface area contributed by atoms with Gasteiger partial charge in [0.1, 0.15) is 5.60 Å². The van der Waals surface area contributed by atoms with E-state index in [-0.39, 0.29) is 27.3 Å². The molecular formula is C21H37ClN4O2. The van der Waals surface area contributed by atoms with Gasteiger partial charge in [0.25, 0.3) is 0 Å². The second-order valence-corrected chi connectivity index (χ2v) is 6.71. The fraction of sp³-hybridized carbons (Fsp3) is 0.476. The summed E-state index contributed by atoms with van der Waals surface area (Å²) in [5.74, 6) is 0. The Hall–Kier alpha value is -2.18. The predicted molar refractivity (Wildman–Crippen MR) is 120 cm³/mol. The fourth-order valence-corrected chi connectivity index (χ4v) is 1.70. The zero-order chi connectivity index (χ0) is 18.9. The van der Waals surface area contributed by atoms with Crippen molar-refractivity contribution < 1.29 is 9.53 Å². The van der Waals surface area contributed by atoms with Crippen molar-refractivity contribution in [3.05, 3.63) is 59.2 Å². The number of aryl methyl sites for hydroxylation is 2. The first-order valence-corrected chi connectivity index (χ1v) is 8.19. The lowest BCUT2D eigenvalue weighted by atomic mass is 10.2. The van der Waals surface area contributed by atoms with Crippen LogP contribution in [0.2, 0.25) is 0 Å². The van der Waals surface area contributed by atoms with Gasteiger partial charge in [0.05, 0.1) is 17.9 Å². The maximum atomic E-state index is 11.3. The van der Waals surface area contributed by atoms with Gasteiger partial charge in [-0.15, -0.1) is 12.4 Å². The van der Waals surface area contributed by atoms with E-state index in [2.05, 4.69) is 15.3 Å². The number of carbonyl (C=O) groups excluding carboxylic acids is 1. The third kappa shape index (κ3) is 13.9. The highest BCUT2D eigenvalue weighted by Gasteiger charge is 2.15. The molecule has 0 unspecified atom stereocenters. The lowest BCUT2D eigenvalue weighted by Gasteiger charge is -2.19. The van der Waals surface area contributed by atoms with Crippen LogP contribution in [0.15, 0.2) is 36.7 Å². The van der Waals surface area contributed by atoms with Gasteiger partial charge in [-0.05, 0) is 57.9 Å². The highest BCUT2D eigenvalue weighted by Crippen LogP contribution is 2.06. The van der Waals surface area contributed by atoms with Crippen molar-refractivity contribution in [1.29, 1.82) is 0 Å². The maximum Gasteiger partial charge on any atom is 0.407 e. The minimum atomic E-state index is -0.467. The zero-order valence-corrected chi connectivity index (χ0v) is 16.9. The molecule has 7 heteroatoms. The second kappa shape index (κ2) is 14.8. The average Bonchev–Trinajstić information content (AvgIpc) is 2.54. The molecule has 0 spiro atoms. The van der Waals surface area contributed by atoms with Gasteiger partial charge in [-0.25, -0.2) is 4.79 Å². The molecule has 0 aliphatic carbocycles. The van der Waals surface area contributed by atoms with Crippen LogP contribution in [0, 0.1) is 13.8 Å². The monoisotopic (exact) mass is 412 g/mol. The van der Waals surface area contributed by atoms with Gasteiger partial charge in [0.15, 0.2) is 0 Å². The molecule has 0 radical (unpaired) electrons. The summed E-state index contributed by atoms with van der Waals surface area (Å²) in [6, 6.07) is 7.79. The molecule has 1 amide bonds. The first-order valence-electron chi connectivity index (χ1n) is 8.19. The molecular weight excluding hydrogens is 376 g/mol. The van der Waals surface area contributed by atoms with Crippen molar-refractivity contribution in [2.24, 2.45) is 5.73 Å². The van der Waals surface area contributed by atoms with Crippen molar-refractivity contribution in [1.82, 2.24) is 15.3 Å². The largest absolute Gasteiger partial charge is 0.444 e. The van der Waals surface area contributed by atoms with Crippen molar-refractivity contribution in [2.75, 3.05) is 0 Å². The van der Waals surface area contributed by atoms with Crippen LogP contribution in [-0.2, 0) is 17.8 Å². The number of rotatable bonds is 3. The maximum absolute atomic E-state index is 11.3. The van der Waals surface area contributed by atoms with Crippen LogP contribution in [0.1, 0.15) is 58.1 Å². The molecule has 2 rings (SSSR count). The number of hydrogen-bond acceptors (Lipinski definition) is 5. The Bertz CT molecular complexity index is 654. The number of nitrogens with zero attached hydrogens (tertiary/aromatic N) is 2. The Morgan fingerprint density at radius 3 is 1.82 bits per heavy atom. The van der Waals surface area contributed by atoms with Gasteiger partial charge in [-0.2, -0.15) is 0 Å². The van der Waals surface area contributed by atoms with Crippen LogP contribution in [0.25, 0.3) is 0 Å². The molecule has 3 N–H and O–H groups in total. The van der Waals surface area contributed by atoms with E-state index in [1.54, 1.807) is 6.20 Å². The van der Waals surface area contributed by atoms with Gasteiger partial charge in [-0.3, -0.25) is 9.97 Å². The molecule has 160 valence electrons. The van der Waals surface area contributed by atoms with Crippen LogP contribution in [0.3, 0.4) is 0 Å². The van der Waals surface area contributed by atoms with E-state index in [0.29, 0.717) is 13.1 Å². The van der Waals surface area contributed by atoms with E-state index < -0.39 is 11.7 Å². The Morgan fingerprint density at radius 1 is 1.00 bits per heavy atom. The molecule has 0 aromatic carbocycles. The van der Waals surface area contributed by atoms with Crippen LogP contribution in [0.4, 0.5) is 4.79 Å². The fourth-order valence-electron chi connectivity index (χ4n) is 1.70. The number of nitrogens with one attached hydrogen (secondary N) is 1. The number of amides is 1. The summed E-state index contributed by atoms with van der Waals surface area (Å²) in [7, 11) is 0. The number of alkyl carbamates (subject to hydrolysis) is 1. The second-order valence-electron chi connectivity index (χ2n) is 6.71. The highest BCUT2D eigenvalue weighted by atomic mass is 35.5. The van der Waals surface area contributed by atoms with Crippen molar-refractivity contribution >= 4 is 18.5 Å². The molecule has 2 aromatic heterocycles. The number of carbonyl (C=O) groups is 1. The third-order valence-electron chi connectivity index (χ3n) is 2.97. The van der Waals surface area contributed by atoms with E-state index in [9.17, 15) is 4.79 Å². The minimum Gasteiger partial charge on any atom is -0.444 e. The standard InChI is InChI=1S/C12H18N2O2.C7H10N2.2CH4.ClH/c1-9-5-6-10(13-7-9)8-14-11(15)16-12(2,3)4;1-6-2-3-7(4-8)9-5-6;;;/h5-7H,8H2,1-4H3,(H,14,15);2-3,5H,4,8H2,1H3;2*1H4;1H. The number of ether oxygens (including phenoxy) is 1. The lowest BCUT2D eigenvalue weighted by Crippen LogP contribution is -2.32. The summed E-state index contributed by atoms with van der Waals surface area (Å²) >= 11 is 0. The summed E-state index contributed by atoms with van der Waals surface area (Å²) in [6.45, 7) is 10.4. The number of pyridine rings is 2. The Morgan fingerprint density at radius 2 is 1.46 bits per heavy atom. The molecule has 0 aliphatic heterocycles. The van der Waals surface area contributed by atoms with Crippen LogP contribution >= 0.6 is 12.4 Å². The molecule has 2 heterocycles. The van der Waals surface area contributed by atoms with Gasteiger partial charge in [0.2, 0.25) is 0 Å². The van der Waals surface area contributed by atoms with Gasteiger partial charge in [-0.1, -0.05) is 27.0 Å². The smallest absolute Gasteiger partial charge is 0.407 e. The van der Waals surface area contributed by atoms with E-state index in [0.717, 1.165) is 17.0 Å². The van der Waals surface area contributed by atoms with E-state index in [1.165, 1.54) is 5.56 Å². The average molecular weight is 413 g/mol. The summed E-state index contributed by atoms with van der Waals surface area (Å²) in [6.07, 6.45) is 3.17. The quantitative estimate of drug-likeness (QED) is 0.743. The molecule has 0 fully saturated rings. The third-order valence-corrected chi connectivity index (χ3v) is 2.97. The molecule has 0 bridgehead atoms. The minimum absolute atomic E-state index is 0. The molecule has 6 nitrogen and oxygen atoms in total. The van der Waals surface area contributed by atoms with Crippen molar-refractivity contribution in [3.8, 4) is 0 Å². The number of hydrogen-bond donors (Lipinski definition) is 2. The summed E-state index contributed by atoms with van der Waals surface area (Å²) in [4.78, 5) is 19.6. The Balaban J connectivity index is -0.000000452. The van der Waals surface area contributed by atoms with Gasteiger partial charge < -0.3 is 15.8 Å². The first kappa shape index (κ1) is 30.5. The molecule has 0 saturated carbocycles. The van der Waals surface area contributed by atoms with Gasteiger partial charge >= 0.3 is 6.09 Å². The topological polar surface area (TPSA) is 90.1 Å². The van der Waals surface area contributed by atoms with Crippen LogP contribution in [0.5, 0.6) is 0 Å². The van der Waals surface area contributed by atoms with E-state index >= 15 is 0 Å². The van der Waals surface area contributed by atoms with Gasteiger partial charge in [0, 0.05) is 18.9 Å². The normalized spacial score (nSPS) is 9.36. The highest BCUT2D eigenvalue weighted by molar-refractivity contribution is 5.85. The number of aromatic nitrogens is 2. The molecule has 28 heavy (non-hydrogen) atoms. The van der Waals surface area contributed by atoms with Crippen molar-refractivity contribution in [3.63, 3.8) is 0 Å². The number of nitrogens with two attached hydrogens (primary N) is 1. The summed E-state index contributed by atoms with van der Waals surface area (Å²) in [5, 5.41) is 2.65. The SMILES string of the molecule is C.C.Cc1ccc(CN)nc1.Cc1ccc(CNC(=O)OC(C)(C)C)nc1.Cl. The summed E-state index contributed by atoms with van der Waals surface area (Å²) in [5.41, 5.74) is 8.90. The molecule has 0 atom stereocenters. The predicted octanol–water partition coefficient (Wildman–Crippen LogP) is 4.96. The van der Waals surface area contributed by atoms with Crippen LogP contribution in [-0.4, -0.2) is 21.7 Å². The Kier molecular flexibility index (Phi) is 16.2. The van der Waals surface area contributed by atoms with Crippen molar-refractivity contribution in [2.45, 2.75) is 68.2 Å². The van der Waals surface area contributed by atoms with E-state index in [1.807, 2.05) is 65.1 Å². The molecule has 0 aliphatic rings. The first-order chi connectivity index (χ1) is 11.7.